The van der Waals surface area contributed by atoms with Crippen LogP contribution in [0.15, 0.2) is 0 Å². The molecule has 0 aliphatic carbocycles. The van der Waals surface area contributed by atoms with Crippen LogP contribution >= 0.6 is 15.6 Å². The van der Waals surface area contributed by atoms with Gasteiger partial charge in [-0.15, -0.1) is 0 Å². The highest BCUT2D eigenvalue weighted by molar-refractivity contribution is 7.47. The van der Waals surface area contributed by atoms with Crippen molar-refractivity contribution in [1.29, 1.82) is 0 Å². The lowest BCUT2D eigenvalue weighted by Crippen LogP contribution is -2.30. The zero-order valence-corrected chi connectivity index (χ0v) is 62.7. The summed E-state index contributed by atoms with van der Waals surface area (Å²) in [6.07, 6.45) is 47.3. The Morgan fingerprint density at radius 1 is 0.269 bits per heavy atom. The number of ether oxygens (including phenoxy) is 4. The first kappa shape index (κ1) is 91.1. The van der Waals surface area contributed by atoms with Crippen molar-refractivity contribution in [3.8, 4) is 0 Å². The van der Waals surface area contributed by atoms with E-state index in [4.69, 9.17) is 37.0 Å². The predicted octanol–water partition coefficient (Wildman–Crippen LogP) is 21.3. The molecule has 93 heavy (non-hydrogen) atoms. The van der Waals surface area contributed by atoms with Crippen LogP contribution in [0, 0.1) is 23.7 Å². The zero-order chi connectivity index (χ0) is 68.9. The van der Waals surface area contributed by atoms with Gasteiger partial charge in [-0.1, -0.05) is 319 Å². The monoisotopic (exact) mass is 1370 g/mol. The normalized spacial score (nSPS) is 14.2. The summed E-state index contributed by atoms with van der Waals surface area (Å²) in [4.78, 5) is 72.7. The molecule has 0 aromatic heterocycles. The van der Waals surface area contributed by atoms with Crippen molar-refractivity contribution in [3.05, 3.63) is 0 Å². The molecule has 0 aromatic rings. The second-order valence-electron chi connectivity index (χ2n) is 28.6. The molecule has 0 heterocycles. The first-order chi connectivity index (χ1) is 44.6. The number of carbonyl (C=O) groups excluding carboxylic acids is 4. The van der Waals surface area contributed by atoms with Crippen molar-refractivity contribution in [2.75, 3.05) is 39.6 Å². The molecule has 552 valence electrons. The Labute approximate surface area is 568 Å². The molecule has 0 radical (unpaired) electrons. The van der Waals surface area contributed by atoms with Gasteiger partial charge in [0.05, 0.1) is 26.4 Å². The Kier molecular flexibility index (Phi) is 62.2. The number of phosphoric ester groups is 2. The highest BCUT2D eigenvalue weighted by Gasteiger charge is 2.30. The van der Waals surface area contributed by atoms with Crippen LogP contribution in [0.5, 0.6) is 0 Å². The molecule has 3 unspecified atom stereocenters. The zero-order valence-electron chi connectivity index (χ0n) is 60.9. The molecular formula is C74H144O17P2. The number of rotatable bonds is 71. The summed E-state index contributed by atoms with van der Waals surface area (Å²) in [7, 11) is -9.91. The standard InChI is InChI=1S/C74H144O17P2/c1-64(2)50-42-34-26-19-14-11-9-10-12-16-22-30-38-46-54-71(76)84-60-69(90-73(78)56-48-40-31-23-17-13-15-20-27-35-43-51-65(3)4)62-88-92(80,81)86-58-68(75)59-87-93(82,83)89-63-70(61-85-72(77)55-47-39-33-25-29-37-45-53-67(7)8)91-74(79)57-49-41-32-24-18-21-28-36-44-52-66(5)6/h64-70,75H,9-63H2,1-8H3,(H,80,81)(H,82,83)/t68?,69-,70-/m1/s1. The lowest BCUT2D eigenvalue weighted by molar-refractivity contribution is -0.161. The molecule has 0 saturated carbocycles. The third-order valence-corrected chi connectivity index (χ3v) is 19.0. The summed E-state index contributed by atoms with van der Waals surface area (Å²) in [6, 6.07) is 0. The molecule has 5 atom stereocenters. The lowest BCUT2D eigenvalue weighted by atomic mass is 10.0. The second-order valence-corrected chi connectivity index (χ2v) is 31.5. The maximum atomic E-state index is 13.1. The minimum Gasteiger partial charge on any atom is -0.462 e. The van der Waals surface area contributed by atoms with Gasteiger partial charge in [0.1, 0.15) is 19.3 Å². The van der Waals surface area contributed by atoms with E-state index in [1.807, 2.05) is 0 Å². The van der Waals surface area contributed by atoms with Crippen LogP contribution in [0.4, 0.5) is 0 Å². The van der Waals surface area contributed by atoms with Crippen LogP contribution in [0.1, 0.15) is 370 Å². The number of phosphoric acid groups is 2. The molecule has 0 rings (SSSR count). The van der Waals surface area contributed by atoms with Crippen molar-refractivity contribution in [3.63, 3.8) is 0 Å². The smallest absolute Gasteiger partial charge is 0.462 e. The number of carbonyl (C=O) groups is 4. The predicted molar refractivity (Wildman–Crippen MR) is 377 cm³/mol. The van der Waals surface area contributed by atoms with E-state index < -0.39 is 97.5 Å². The van der Waals surface area contributed by atoms with Crippen LogP contribution in [-0.4, -0.2) is 96.7 Å². The minimum absolute atomic E-state index is 0.104. The largest absolute Gasteiger partial charge is 0.472 e. The van der Waals surface area contributed by atoms with E-state index >= 15 is 0 Å². The third kappa shape index (κ3) is 68.4. The van der Waals surface area contributed by atoms with Gasteiger partial charge in [-0.25, -0.2) is 9.13 Å². The molecule has 19 heteroatoms. The number of esters is 4. The Bertz CT molecular complexity index is 1830. The average molecular weight is 1370 g/mol. The highest BCUT2D eigenvalue weighted by atomic mass is 31.2. The number of hydrogen-bond acceptors (Lipinski definition) is 15. The van der Waals surface area contributed by atoms with Crippen LogP contribution in [0.2, 0.25) is 0 Å². The van der Waals surface area contributed by atoms with Gasteiger partial charge in [-0.05, 0) is 49.4 Å². The first-order valence-electron chi connectivity index (χ1n) is 38.2. The fourth-order valence-corrected chi connectivity index (χ4v) is 12.8. The molecule has 0 saturated heterocycles. The molecule has 17 nitrogen and oxygen atoms in total. The van der Waals surface area contributed by atoms with E-state index in [0.717, 1.165) is 114 Å². The SMILES string of the molecule is CC(C)CCCCCCCCCCCCCCCCC(=O)OC[C@H](COP(=O)(O)OCC(O)COP(=O)(O)OC[C@@H](COC(=O)CCCCCCCCCC(C)C)OC(=O)CCCCCCCCCCCC(C)C)OC(=O)CCCCCCCCCCCCCC(C)C. The van der Waals surface area contributed by atoms with Gasteiger partial charge in [0.25, 0.3) is 0 Å². The molecule has 0 aliphatic rings. The lowest BCUT2D eigenvalue weighted by Gasteiger charge is -2.21. The summed E-state index contributed by atoms with van der Waals surface area (Å²) < 4.78 is 68.4. The number of unbranched alkanes of at least 4 members (excludes halogenated alkanes) is 37. The van der Waals surface area contributed by atoms with Crippen molar-refractivity contribution in [2.45, 2.75) is 388 Å². The Balaban J connectivity index is 5.24. The van der Waals surface area contributed by atoms with Crippen LogP contribution < -0.4 is 0 Å². The maximum absolute atomic E-state index is 13.1. The molecule has 0 bridgehead atoms. The molecule has 0 aliphatic heterocycles. The molecule has 3 N–H and O–H groups in total. The number of aliphatic hydroxyl groups excluding tert-OH is 1. The number of aliphatic hydroxyl groups is 1. The van der Waals surface area contributed by atoms with E-state index in [-0.39, 0.29) is 25.7 Å². The van der Waals surface area contributed by atoms with Crippen molar-refractivity contribution < 1.29 is 80.2 Å². The molecular weight excluding hydrogens is 1220 g/mol. The fourth-order valence-electron chi connectivity index (χ4n) is 11.2. The Hall–Kier alpha value is -1.94. The van der Waals surface area contributed by atoms with E-state index in [9.17, 15) is 43.2 Å². The van der Waals surface area contributed by atoms with Crippen molar-refractivity contribution >= 4 is 39.5 Å². The fraction of sp³-hybridized carbons (Fsp3) is 0.946. The first-order valence-corrected chi connectivity index (χ1v) is 41.2. The van der Waals surface area contributed by atoms with Crippen molar-refractivity contribution in [2.24, 2.45) is 23.7 Å². The topological polar surface area (TPSA) is 237 Å². The molecule has 0 fully saturated rings. The third-order valence-electron chi connectivity index (χ3n) is 17.1. The summed E-state index contributed by atoms with van der Waals surface area (Å²) in [5.74, 6) is 0.881. The average Bonchev–Trinajstić information content (AvgIpc) is 2.37. The molecule has 0 aromatic carbocycles. The van der Waals surface area contributed by atoms with Gasteiger partial charge in [-0.3, -0.25) is 37.3 Å². The quantitative estimate of drug-likeness (QED) is 0.0222. The minimum atomic E-state index is -4.96. The van der Waals surface area contributed by atoms with E-state index in [0.29, 0.717) is 31.6 Å². The van der Waals surface area contributed by atoms with Gasteiger partial charge < -0.3 is 33.8 Å². The highest BCUT2D eigenvalue weighted by Crippen LogP contribution is 2.45. The van der Waals surface area contributed by atoms with E-state index in [2.05, 4.69) is 55.4 Å². The maximum Gasteiger partial charge on any atom is 0.472 e. The van der Waals surface area contributed by atoms with Gasteiger partial charge in [0, 0.05) is 25.7 Å². The van der Waals surface area contributed by atoms with E-state index in [1.165, 1.54) is 167 Å². The van der Waals surface area contributed by atoms with Gasteiger partial charge in [0.2, 0.25) is 0 Å². The van der Waals surface area contributed by atoms with Crippen LogP contribution in [0.25, 0.3) is 0 Å². The van der Waals surface area contributed by atoms with Crippen LogP contribution in [-0.2, 0) is 65.4 Å². The summed E-state index contributed by atoms with van der Waals surface area (Å²) in [5.41, 5.74) is 0. The summed E-state index contributed by atoms with van der Waals surface area (Å²) in [5, 5.41) is 10.6. The second kappa shape index (κ2) is 63.5. The number of hydrogen-bond donors (Lipinski definition) is 3. The van der Waals surface area contributed by atoms with Crippen molar-refractivity contribution in [1.82, 2.24) is 0 Å². The summed E-state index contributed by atoms with van der Waals surface area (Å²) in [6.45, 7) is 14.1. The molecule has 0 spiro atoms. The Morgan fingerprint density at radius 2 is 0.452 bits per heavy atom. The van der Waals surface area contributed by atoms with Gasteiger partial charge in [0.15, 0.2) is 12.2 Å². The van der Waals surface area contributed by atoms with Gasteiger partial charge >= 0.3 is 39.5 Å². The van der Waals surface area contributed by atoms with Crippen LogP contribution in [0.3, 0.4) is 0 Å². The molecule has 0 amide bonds. The Morgan fingerprint density at radius 3 is 0.667 bits per heavy atom. The van der Waals surface area contributed by atoms with E-state index in [1.54, 1.807) is 0 Å². The summed E-state index contributed by atoms with van der Waals surface area (Å²) >= 11 is 0. The van der Waals surface area contributed by atoms with Gasteiger partial charge in [-0.2, -0.15) is 0 Å².